The Morgan fingerprint density at radius 1 is 1.33 bits per heavy atom. The van der Waals surface area contributed by atoms with Crippen LogP contribution in [-0.4, -0.2) is 42.7 Å². The van der Waals surface area contributed by atoms with Gasteiger partial charge in [0.05, 0.1) is 18.4 Å². The monoisotopic (exact) mass is 369 g/mol. The number of nitrogen functional groups attached to an aromatic ring is 1. The molecule has 1 aliphatic rings. The smallest absolute Gasteiger partial charge is 0.339 e. The minimum atomic E-state index is -0.396. The fourth-order valence-corrected chi connectivity index (χ4v) is 3.74. The predicted molar refractivity (Wildman–Crippen MR) is 108 cm³/mol. The average molecular weight is 369 g/mol. The number of ether oxygens (including phenoxy) is 1. The highest BCUT2D eigenvalue weighted by Gasteiger charge is 2.26. The lowest BCUT2D eigenvalue weighted by Gasteiger charge is -2.37. The van der Waals surface area contributed by atoms with E-state index in [0.29, 0.717) is 28.8 Å². The van der Waals surface area contributed by atoms with Crippen molar-refractivity contribution in [3.63, 3.8) is 0 Å². The molecule has 1 aliphatic heterocycles. The highest BCUT2D eigenvalue weighted by molar-refractivity contribution is 5.97. The van der Waals surface area contributed by atoms with E-state index in [9.17, 15) is 4.79 Å². The lowest BCUT2D eigenvalue weighted by Crippen LogP contribution is -2.40. The van der Waals surface area contributed by atoms with Crippen molar-refractivity contribution in [2.45, 2.75) is 38.6 Å². The minimum Gasteiger partial charge on any atom is -0.465 e. The molecule has 27 heavy (non-hydrogen) atoms. The summed E-state index contributed by atoms with van der Waals surface area (Å²) < 4.78 is 4.90. The number of nitrogens with zero attached hydrogens (tertiary/aromatic N) is 4. The number of hydrogen-bond donors (Lipinski definition) is 1. The molecule has 1 saturated heterocycles. The molecule has 0 saturated carbocycles. The van der Waals surface area contributed by atoms with Gasteiger partial charge in [-0.2, -0.15) is 0 Å². The Labute approximate surface area is 160 Å². The minimum absolute atomic E-state index is 0.396. The summed E-state index contributed by atoms with van der Waals surface area (Å²) in [4.78, 5) is 25.1. The Balaban J connectivity index is 2.00. The number of rotatable bonds is 5. The first-order valence-electron chi connectivity index (χ1n) is 9.36. The second-order valence-corrected chi connectivity index (χ2v) is 6.75. The molecule has 3 rings (SSSR count). The van der Waals surface area contributed by atoms with Crippen molar-refractivity contribution in [2.24, 2.45) is 0 Å². The molecule has 7 nitrogen and oxygen atoms in total. The fraction of sp³-hybridized carbons (Fsp3) is 0.450. The van der Waals surface area contributed by atoms with Gasteiger partial charge in [0.15, 0.2) is 11.6 Å². The molecule has 0 spiro atoms. The Hall–Kier alpha value is -2.83. The average Bonchev–Trinajstić information content (AvgIpc) is 2.73. The lowest BCUT2D eigenvalue weighted by molar-refractivity contribution is 0.0601. The SMILES string of the molecule is CCC1CCCCN1c1ncnc(N(C)c2ccccc2C(=O)OC)c1N. The van der Waals surface area contributed by atoms with E-state index < -0.39 is 5.97 Å². The topological polar surface area (TPSA) is 84.6 Å². The number of carbonyl (C=O) groups is 1. The van der Waals surface area contributed by atoms with Gasteiger partial charge < -0.3 is 20.3 Å². The molecule has 0 radical (unpaired) electrons. The van der Waals surface area contributed by atoms with Gasteiger partial charge in [-0.1, -0.05) is 19.1 Å². The van der Waals surface area contributed by atoms with E-state index in [0.717, 1.165) is 31.6 Å². The molecule has 1 unspecified atom stereocenters. The van der Waals surface area contributed by atoms with E-state index in [-0.39, 0.29) is 0 Å². The normalized spacial score (nSPS) is 16.9. The Morgan fingerprint density at radius 3 is 2.85 bits per heavy atom. The summed E-state index contributed by atoms with van der Waals surface area (Å²) in [5.41, 5.74) is 8.18. The lowest BCUT2D eigenvalue weighted by atomic mass is 10.00. The number of piperidine rings is 1. The van der Waals surface area contributed by atoms with Gasteiger partial charge >= 0.3 is 5.97 Å². The van der Waals surface area contributed by atoms with Crippen molar-refractivity contribution in [1.82, 2.24) is 9.97 Å². The quantitative estimate of drug-likeness (QED) is 0.809. The van der Waals surface area contributed by atoms with Crippen LogP contribution < -0.4 is 15.5 Å². The first kappa shape index (κ1) is 18.9. The molecular weight excluding hydrogens is 342 g/mol. The van der Waals surface area contributed by atoms with Crippen molar-refractivity contribution >= 4 is 29.0 Å². The van der Waals surface area contributed by atoms with Crippen molar-refractivity contribution < 1.29 is 9.53 Å². The van der Waals surface area contributed by atoms with Gasteiger partial charge in [0.1, 0.15) is 12.0 Å². The van der Waals surface area contributed by atoms with Gasteiger partial charge in [-0.15, -0.1) is 0 Å². The summed E-state index contributed by atoms with van der Waals surface area (Å²) in [6.07, 6.45) is 6.12. The second kappa shape index (κ2) is 8.24. The number of carbonyl (C=O) groups excluding carboxylic acids is 1. The summed E-state index contributed by atoms with van der Waals surface area (Å²) in [5.74, 6) is 0.957. The van der Waals surface area contributed by atoms with E-state index in [2.05, 4.69) is 21.8 Å². The van der Waals surface area contributed by atoms with Crippen molar-refractivity contribution in [2.75, 3.05) is 36.2 Å². The van der Waals surface area contributed by atoms with Crippen LogP contribution in [-0.2, 0) is 4.74 Å². The Bertz CT molecular complexity index is 811. The standard InChI is InChI=1S/C20H27N5O2/c1-4-14-9-7-8-12-25(14)19-17(21)18(22-13-23-19)24(2)16-11-6-5-10-15(16)20(26)27-3/h5-6,10-11,13-14H,4,7-9,12,21H2,1-3H3. The van der Waals surface area contributed by atoms with Crippen LogP contribution in [0.3, 0.4) is 0 Å². The van der Waals surface area contributed by atoms with E-state index in [1.165, 1.54) is 13.5 Å². The van der Waals surface area contributed by atoms with Crippen LogP contribution in [0.15, 0.2) is 30.6 Å². The van der Waals surface area contributed by atoms with Gasteiger partial charge in [-0.25, -0.2) is 14.8 Å². The van der Waals surface area contributed by atoms with Crippen LogP contribution in [0.5, 0.6) is 0 Å². The molecule has 2 aromatic rings. The Morgan fingerprint density at radius 2 is 2.11 bits per heavy atom. The van der Waals surface area contributed by atoms with Crippen LogP contribution in [0.4, 0.5) is 23.0 Å². The fourth-order valence-electron chi connectivity index (χ4n) is 3.74. The predicted octanol–water partition coefficient (Wildman–Crippen LogP) is 3.38. The van der Waals surface area contributed by atoms with Crippen LogP contribution >= 0.6 is 0 Å². The zero-order valence-corrected chi connectivity index (χ0v) is 16.2. The van der Waals surface area contributed by atoms with Gasteiger partial charge in [0, 0.05) is 19.6 Å². The third-order valence-corrected chi connectivity index (χ3v) is 5.20. The Kier molecular flexibility index (Phi) is 5.78. The van der Waals surface area contributed by atoms with Crippen LogP contribution in [0, 0.1) is 0 Å². The first-order valence-corrected chi connectivity index (χ1v) is 9.36. The van der Waals surface area contributed by atoms with Gasteiger partial charge in [-0.05, 0) is 37.8 Å². The van der Waals surface area contributed by atoms with E-state index in [1.54, 1.807) is 18.5 Å². The van der Waals surface area contributed by atoms with Gasteiger partial charge in [-0.3, -0.25) is 0 Å². The van der Waals surface area contributed by atoms with E-state index in [4.69, 9.17) is 10.5 Å². The molecule has 7 heteroatoms. The molecule has 144 valence electrons. The maximum atomic E-state index is 12.1. The number of methoxy groups -OCH3 is 1. The molecule has 2 heterocycles. The number of benzene rings is 1. The van der Waals surface area contributed by atoms with E-state index >= 15 is 0 Å². The molecule has 1 fully saturated rings. The summed E-state index contributed by atoms with van der Waals surface area (Å²) >= 11 is 0. The zero-order valence-electron chi connectivity index (χ0n) is 16.2. The number of nitrogens with two attached hydrogens (primary N) is 1. The third-order valence-electron chi connectivity index (χ3n) is 5.20. The maximum Gasteiger partial charge on any atom is 0.339 e. The summed E-state index contributed by atoms with van der Waals surface area (Å²) in [5, 5.41) is 0. The zero-order chi connectivity index (χ0) is 19.4. The highest BCUT2D eigenvalue weighted by atomic mass is 16.5. The summed E-state index contributed by atoms with van der Waals surface area (Å²) in [6, 6.07) is 7.69. The first-order chi connectivity index (χ1) is 13.1. The largest absolute Gasteiger partial charge is 0.465 e. The number of hydrogen-bond acceptors (Lipinski definition) is 7. The van der Waals surface area contributed by atoms with Gasteiger partial charge in [0.25, 0.3) is 0 Å². The van der Waals surface area contributed by atoms with Crippen LogP contribution in [0.2, 0.25) is 0 Å². The number of esters is 1. The molecule has 1 atom stereocenters. The second-order valence-electron chi connectivity index (χ2n) is 6.75. The van der Waals surface area contributed by atoms with Gasteiger partial charge in [0.2, 0.25) is 0 Å². The number of anilines is 4. The molecule has 1 aromatic heterocycles. The molecule has 0 aliphatic carbocycles. The van der Waals surface area contributed by atoms with Crippen LogP contribution in [0.1, 0.15) is 43.0 Å². The maximum absolute atomic E-state index is 12.1. The molecule has 0 amide bonds. The van der Waals surface area contributed by atoms with Crippen molar-refractivity contribution in [1.29, 1.82) is 0 Å². The number of aromatic nitrogens is 2. The third kappa shape index (κ3) is 3.67. The van der Waals surface area contributed by atoms with Crippen LogP contribution in [0.25, 0.3) is 0 Å². The molecule has 2 N–H and O–H groups in total. The molecule has 1 aromatic carbocycles. The molecule has 0 bridgehead atoms. The number of para-hydroxylation sites is 1. The summed E-state index contributed by atoms with van der Waals surface area (Å²) in [6.45, 7) is 3.14. The summed E-state index contributed by atoms with van der Waals surface area (Å²) in [7, 11) is 3.22. The van der Waals surface area contributed by atoms with E-state index in [1.807, 2.05) is 24.1 Å². The molecular formula is C20H27N5O2. The highest BCUT2D eigenvalue weighted by Crippen LogP contribution is 2.36. The van der Waals surface area contributed by atoms with Crippen molar-refractivity contribution in [3.8, 4) is 0 Å². The van der Waals surface area contributed by atoms with Crippen molar-refractivity contribution in [3.05, 3.63) is 36.2 Å².